The Morgan fingerprint density at radius 1 is 0.688 bits per heavy atom. The van der Waals surface area contributed by atoms with Gasteiger partial charge < -0.3 is 4.90 Å². The van der Waals surface area contributed by atoms with E-state index < -0.39 is 0 Å². The van der Waals surface area contributed by atoms with E-state index in [1.165, 1.54) is 56.6 Å². The number of hydrogen-bond donors (Lipinski definition) is 0. The Balaban J connectivity index is 0.000000354. The molecule has 3 aromatic rings. The second kappa shape index (κ2) is 12.0. The van der Waals surface area contributed by atoms with Crippen LogP contribution < -0.4 is 0 Å². The van der Waals surface area contributed by atoms with Crippen LogP contribution in [0.5, 0.6) is 0 Å². The average Bonchev–Trinajstić information content (AvgIpc) is 3.35. The molecular formula is C30H38N2. The lowest BCUT2D eigenvalue weighted by Crippen LogP contribution is -2.44. The van der Waals surface area contributed by atoms with Crippen LogP contribution in [0.1, 0.15) is 43.2 Å². The Morgan fingerprint density at radius 2 is 1.22 bits per heavy atom. The number of likely N-dealkylation sites (tertiary alicyclic amines) is 2. The second-order valence-electron chi connectivity index (χ2n) is 9.39. The predicted octanol–water partition coefficient (Wildman–Crippen LogP) is 6.46. The molecule has 2 atom stereocenters. The molecule has 0 bridgehead atoms. The number of benzene rings is 3. The topological polar surface area (TPSA) is 6.48 Å². The second-order valence-corrected chi connectivity index (χ2v) is 9.39. The largest absolute Gasteiger partial charge is 0.300 e. The van der Waals surface area contributed by atoms with Gasteiger partial charge in [-0.1, -0.05) is 97.1 Å². The molecule has 0 spiro atoms. The monoisotopic (exact) mass is 426 g/mol. The van der Waals surface area contributed by atoms with E-state index in [4.69, 9.17) is 0 Å². The summed E-state index contributed by atoms with van der Waals surface area (Å²) in [5.41, 5.74) is 2.99. The van der Waals surface area contributed by atoms with Gasteiger partial charge in [0.25, 0.3) is 0 Å². The normalized spacial score (nSPS) is 21.0. The third-order valence-electron chi connectivity index (χ3n) is 7.28. The molecule has 2 saturated heterocycles. The summed E-state index contributed by atoms with van der Waals surface area (Å²) in [6.07, 6.45) is 3.98. The number of piperidine rings is 1. The Kier molecular flexibility index (Phi) is 8.53. The molecule has 0 amide bonds. The summed E-state index contributed by atoms with van der Waals surface area (Å²) < 4.78 is 0. The van der Waals surface area contributed by atoms with Crippen molar-refractivity contribution in [1.29, 1.82) is 0 Å². The maximum Gasteiger partial charge on any atom is 0.0233 e. The maximum absolute atomic E-state index is 2.76. The molecule has 2 heteroatoms. The van der Waals surface area contributed by atoms with Crippen LogP contribution in [0.4, 0.5) is 0 Å². The van der Waals surface area contributed by atoms with Crippen molar-refractivity contribution in [3.05, 3.63) is 108 Å². The number of rotatable bonds is 5. The van der Waals surface area contributed by atoms with Crippen molar-refractivity contribution in [3.8, 4) is 0 Å². The predicted molar refractivity (Wildman–Crippen MR) is 136 cm³/mol. The first kappa shape index (κ1) is 22.8. The lowest BCUT2D eigenvalue weighted by atomic mass is 9.87. The van der Waals surface area contributed by atoms with Crippen LogP contribution in [0.3, 0.4) is 0 Å². The summed E-state index contributed by atoms with van der Waals surface area (Å²) in [6.45, 7) is 8.62. The molecular weight excluding hydrogens is 388 g/mol. The summed E-state index contributed by atoms with van der Waals surface area (Å²) >= 11 is 0. The third kappa shape index (κ3) is 6.54. The van der Waals surface area contributed by atoms with Crippen molar-refractivity contribution in [3.63, 3.8) is 0 Å². The van der Waals surface area contributed by atoms with E-state index in [0.29, 0.717) is 6.04 Å². The lowest BCUT2D eigenvalue weighted by Gasteiger charge is -2.38. The maximum atomic E-state index is 2.76. The van der Waals surface area contributed by atoms with E-state index in [-0.39, 0.29) is 0 Å². The van der Waals surface area contributed by atoms with Crippen LogP contribution in [-0.2, 0) is 6.54 Å². The van der Waals surface area contributed by atoms with Crippen molar-refractivity contribution >= 4 is 0 Å². The number of hydrogen-bond acceptors (Lipinski definition) is 2. The van der Waals surface area contributed by atoms with Gasteiger partial charge in [0, 0.05) is 19.1 Å². The highest BCUT2D eigenvalue weighted by Crippen LogP contribution is 2.31. The summed E-state index contributed by atoms with van der Waals surface area (Å²) in [5, 5.41) is 0. The molecule has 32 heavy (non-hydrogen) atoms. The van der Waals surface area contributed by atoms with Gasteiger partial charge in [0.1, 0.15) is 0 Å². The van der Waals surface area contributed by atoms with Gasteiger partial charge in [0.2, 0.25) is 0 Å². The Morgan fingerprint density at radius 3 is 1.81 bits per heavy atom. The average molecular weight is 427 g/mol. The molecule has 3 aromatic carbocycles. The van der Waals surface area contributed by atoms with Gasteiger partial charge in [-0.2, -0.15) is 0 Å². The summed E-state index contributed by atoms with van der Waals surface area (Å²) in [6, 6.07) is 34.8. The summed E-state index contributed by atoms with van der Waals surface area (Å²) in [4.78, 5) is 5.41. The first-order valence-corrected chi connectivity index (χ1v) is 12.3. The van der Waals surface area contributed by atoms with Gasteiger partial charge >= 0.3 is 0 Å². The van der Waals surface area contributed by atoms with E-state index in [2.05, 4.69) is 77.4 Å². The van der Waals surface area contributed by atoms with Gasteiger partial charge in [0.05, 0.1) is 0 Å². The van der Waals surface area contributed by atoms with Gasteiger partial charge in [-0.05, 0) is 68.8 Å². The zero-order valence-electron chi connectivity index (χ0n) is 19.5. The van der Waals surface area contributed by atoms with Gasteiger partial charge in [-0.15, -0.1) is 0 Å². The molecule has 5 rings (SSSR count). The zero-order valence-corrected chi connectivity index (χ0v) is 19.5. The van der Waals surface area contributed by atoms with E-state index in [1.54, 1.807) is 0 Å². The molecule has 2 nitrogen and oxygen atoms in total. The van der Waals surface area contributed by atoms with Gasteiger partial charge in [-0.25, -0.2) is 0 Å². The van der Waals surface area contributed by atoms with Gasteiger partial charge in [-0.3, -0.25) is 4.90 Å². The van der Waals surface area contributed by atoms with E-state index in [1.807, 2.05) is 36.4 Å². The lowest BCUT2D eigenvalue weighted by molar-refractivity contribution is 0.120. The highest BCUT2D eigenvalue weighted by Gasteiger charge is 2.32. The SMILES string of the molecule is CC(C1CCN(Cc2ccccc2)C1)N1CCC(c2ccccc2)CC1.c1ccccc1. The highest BCUT2D eigenvalue weighted by atomic mass is 15.2. The minimum absolute atomic E-state index is 0.715. The van der Waals surface area contributed by atoms with Crippen molar-refractivity contribution < 1.29 is 0 Å². The summed E-state index contributed by atoms with van der Waals surface area (Å²) in [7, 11) is 0. The van der Waals surface area contributed by atoms with E-state index in [9.17, 15) is 0 Å². The highest BCUT2D eigenvalue weighted by molar-refractivity contribution is 5.20. The molecule has 0 radical (unpaired) electrons. The summed E-state index contributed by atoms with van der Waals surface area (Å²) in [5.74, 6) is 1.59. The smallest absolute Gasteiger partial charge is 0.0233 e. The quantitative estimate of drug-likeness (QED) is 0.462. The minimum atomic E-state index is 0.715. The molecule has 2 fully saturated rings. The fourth-order valence-corrected chi connectivity index (χ4v) is 5.29. The van der Waals surface area contributed by atoms with Crippen molar-refractivity contribution in [2.24, 2.45) is 5.92 Å². The Labute approximate surface area is 194 Å². The minimum Gasteiger partial charge on any atom is -0.300 e. The molecule has 0 N–H and O–H groups in total. The van der Waals surface area contributed by atoms with E-state index >= 15 is 0 Å². The van der Waals surface area contributed by atoms with Crippen LogP contribution in [0.15, 0.2) is 97.1 Å². The molecule has 2 aliphatic rings. The fourth-order valence-electron chi connectivity index (χ4n) is 5.29. The first-order valence-electron chi connectivity index (χ1n) is 12.3. The van der Waals surface area contributed by atoms with Crippen LogP contribution in [0.2, 0.25) is 0 Å². The zero-order chi connectivity index (χ0) is 22.0. The van der Waals surface area contributed by atoms with Crippen molar-refractivity contribution in [1.82, 2.24) is 9.80 Å². The third-order valence-corrected chi connectivity index (χ3v) is 7.28. The van der Waals surface area contributed by atoms with Crippen LogP contribution in [0.25, 0.3) is 0 Å². The van der Waals surface area contributed by atoms with Crippen LogP contribution >= 0.6 is 0 Å². The van der Waals surface area contributed by atoms with Gasteiger partial charge in [0.15, 0.2) is 0 Å². The van der Waals surface area contributed by atoms with Crippen molar-refractivity contribution in [2.75, 3.05) is 26.2 Å². The number of nitrogens with zero attached hydrogens (tertiary/aromatic N) is 2. The molecule has 0 aromatic heterocycles. The van der Waals surface area contributed by atoms with Crippen LogP contribution in [-0.4, -0.2) is 42.0 Å². The Hall–Kier alpha value is -2.42. The first-order chi connectivity index (χ1) is 15.8. The standard InChI is InChI=1S/C24H32N2.C6H6/c1-20(24-12-15-25(19-24)18-21-8-4-2-5-9-21)26-16-13-23(14-17-26)22-10-6-3-7-11-22;1-2-4-6-5-3-1/h2-11,20,23-24H,12-19H2,1H3;1-6H. The molecule has 2 aliphatic heterocycles. The van der Waals surface area contributed by atoms with E-state index in [0.717, 1.165) is 18.4 Å². The molecule has 0 saturated carbocycles. The molecule has 0 aliphatic carbocycles. The molecule has 168 valence electrons. The molecule has 2 unspecified atom stereocenters. The van der Waals surface area contributed by atoms with Crippen LogP contribution in [0, 0.1) is 5.92 Å². The Bertz CT molecular complexity index is 844. The molecule has 2 heterocycles. The fraction of sp³-hybridized carbons (Fsp3) is 0.400. The van der Waals surface area contributed by atoms with Crippen molar-refractivity contribution in [2.45, 2.75) is 44.7 Å².